The SMILES string of the molecule is C[C@@H](CO)n1cnnc1-c1cccc(NC(=O)c2cc(-c3cccnc3)ccn2)c1. The second kappa shape index (κ2) is 8.62. The van der Waals surface area contributed by atoms with Gasteiger partial charge < -0.3 is 15.0 Å². The third-order valence-corrected chi connectivity index (χ3v) is 4.68. The van der Waals surface area contributed by atoms with Crippen LogP contribution in [0.25, 0.3) is 22.5 Å². The Labute approximate surface area is 173 Å². The number of pyridine rings is 2. The van der Waals surface area contributed by atoms with Crippen molar-refractivity contribution in [1.29, 1.82) is 0 Å². The van der Waals surface area contributed by atoms with Gasteiger partial charge in [-0.2, -0.15) is 0 Å². The summed E-state index contributed by atoms with van der Waals surface area (Å²) in [6.07, 6.45) is 6.62. The van der Waals surface area contributed by atoms with E-state index in [0.29, 0.717) is 17.2 Å². The van der Waals surface area contributed by atoms with Crippen molar-refractivity contribution in [2.45, 2.75) is 13.0 Å². The smallest absolute Gasteiger partial charge is 0.274 e. The number of nitrogens with zero attached hydrogens (tertiary/aromatic N) is 5. The zero-order valence-electron chi connectivity index (χ0n) is 16.3. The van der Waals surface area contributed by atoms with Crippen LogP contribution >= 0.6 is 0 Å². The van der Waals surface area contributed by atoms with Gasteiger partial charge in [-0.25, -0.2) is 0 Å². The zero-order valence-corrected chi connectivity index (χ0v) is 16.3. The van der Waals surface area contributed by atoms with Gasteiger partial charge in [0.25, 0.3) is 5.91 Å². The highest BCUT2D eigenvalue weighted by molar-refractivity contribution is 6.03. The number of amides is 1. The van der Waals surface area contributed by atoms with Gasteiger partial charge in [-0.05, 0) is 42.8 Å². The summed E-state index contributed by atoms with van der Waals surface area (Å²) in [6.45, 7) is 1.85. The first-order chi connectivity index (χ1) is 14.7. The summed E-state index contributed by atoms with van der Waals surface area (Å²) in [5.41, 5.74) is 3.47. The number of hydrogen-bond donors (Lipinski definition) is 2. The number of rotatable bonds is 6. The van der Waals surface area contributed by atoms with E-state index in [2.05, 4.69) is 25.5 Å². The minimum Gasteiger partial charge on any atom is -0.394 e. The molecule has 1 aromatic carbocycles. The van der Waals surface area contributed by atoms with Crippen LogP contribution in [-0.2, 0) is 0 Å². The molecule has 150 valence electrons. The van der Waals surface area contributed by atoms with Crippen LogP contribution in [0, 0.1) is 0 Å². The maximum absolute atomic E-state index is 12.8. The van der Waals surface area contributed by atoms with Gasteiger partial charge in [-0.15, -0.1) is 10.2 Å². The molecule has 2 N–H and O–H groups in total. The van der Waals surface area contributed by atoms with Crippen molar-refractivity contribution < 1.29 is 9.90 Å². The van der Waals surface area contributed by atoms with Crippen molar-refractivity contribution in [1.82, 2.24) is 24.7 Å². The molecule has 0 radical (unpaired) electrons. The van der Waals surface area contributed by atoms with Gasteiger partial charge >= 0.3 is 0 Å². The van der Waals surface area contributed by atoms with E-state index in [-0.39, 0.29) is 18.6 Å². The Bertz CT molecular complexity index is 1160. The number of hydrogen-bond acceptors (Lipinski definition) is 6. The van der Waals surface area contributed by atoms with Gasteiger partial charge in [-0.3, -0.25) is 14.8 Å². The Balaban J connectivity index is 1.57. The minimum absolute atomic E-state index is 0.0274. The van der Waals surface area contributed by atoms with Crippen LogP contribution in [0.4, 0.5) is 5.69 Å². The summed E-state index contributed by atoms with van der Waals surface area (Å²) in [6, 6.07) is 14.5. The molecule has 1 atom stereocenters. The molecular weight excluding hydrogens is 380 g/mol. The highest BCUT2D eigenvalue weighted by atomic mass is 16.3. The average Bonchev–Trinajstić information content (AvgIpc) is 3.29. The lowest BCUT2D eigenvalue weighted by Crippen LogP contribution is -2.14. The molecule has 1 amide bonds. The molecule has 0 saturated carbocycles. The Morgan fingerprint density at radius 3 is 2.77 bits per heavy atom. The van der Waals surface area contributed by atoms with E-state index in [1.807, 2.05) is 43.3 Å². The molecule has 30 heavy (non-hydrogen) atoms. The first kappa shape index (κ1) is 19.4. The van der Waals surface area contributed by atoms with Crippen LogP contribution < -0.4 is 5.32 Å². The van der Waals surface area contributed by atoms with E-state index in [1.165, 1.54) is 0 Å². The number of carbonyl (C=O) groups excluding carboxylic acids is 1. The van der Waals surface area contributed by atoms with E-state index in [4.69, 9.17) is 0 Å². The number of nitrogens with one attached hydrogen (secondary N) is 1. The Kier molecular flexibility index (Phi) is 5.58. The quantitative estimate of drug-likeness (QED) is 0.515. The molecule has 0 aliphatic rings. The monoisotopic (exact) mass is 400 g/mol. The molecule has 0 aliphatic carbocycles. The second-order valence-electron chi connectivity index (χ2n) is 6.80. The van der Waals surface area contributed by atoms with Gasteiger partial charge in [0, 0.05) is 35.4 Å². The van der Waals surface area contributed by atoms with Crippen molar-refractivity contribution in [3.05, 3.63) is 79.1 Å². The number of anilines is 1. The molecule has 4 rings (SSSR count). The van der Waals surface area contributed by atoms with Gasteiger partial charge in [0.2, 0.25) is 0 Å². The van der Waals surface area contributed by atoms with E-state index in [1.54, 1.807) is 41.6 Å². The average molecular weight is 400 g/mol. The van der Waals surface area contributed by atoms with Gasteiger partial charge in [0.15, 0.2) is 5.82 Å². The van der Waals surface area contributed by atoms with Crippen molar-refractivity contribution in [3.63, 3.8) is 0 Å². The van der Waals surface area contributed by atoms with Crippen LogP contribution in [-0.4, -0.2) is 42.4 Å². The summed E-state index contributed by atoms with van der Waals surface area (Å²) >= 11 is 0. The van der Waals surface area contributed by atoms with Gasteiger partial charge in [0.05, 0.1) is 12.6 Å². The molecule has 3 heterocycles. The molecule has 8 nitrogen and oxygen atoms in total. The van der Waals surface area contributed by atoms with E-state index < -0.39 is 0 Å². The number of aliphatic hydroxyl groups is 1. The standard InChI is InChI=1S/C22H20N6O2/c1-15(13-29)28-14-25-27-21(28)17-4-2-6-19(10-17)26-22(30)20-11-16(7-9-24-20)18-5-3-8-23-12-18/h2-12,14-15,29H,13H2,1H3,(H,26,30)/t15-/m0/s1. The molecular formula is C22H20N6O2. The lowest BCUT2D eigenvalue weighted by molar-refractivity contribution is 0.102. The number of aliphatic hydroxyl groups excluding tert-OH is 1. The summed E-state index contributed by atoms with van der Waals surface area (Å²) in [5.74, 6) is 0.299. The fourth-order valence-corrected chi connectivity index (χ4v) is 3.06. The third kappa shape index (κ3) is 4.08. The zero-order chi connectivity index (χ0) is 20.9. The highest BCUT2D eigenvalue weighted by Gasteiger charge is 2.14. The van der Waals surface area contributed by atoms with Crippen molar-refractivity contribution in [2.75, 3.05) is 11.9 Å². The normalized spacial score (nSPS) is 11.8. The molecule has 0 unspecified atom stereocenters. The molecule has 0 spiro atoms. The number of benzene rings is 1. The number of aromatic nitrogens is 5. The van der Waals surface area contributed by atoms with Gasteiger partial charge in [0.1, 0.15) is 12.0 Å². The molecule has 0 saturated heterocycles. The molecule has 0 bridgehead atoms. The van der Waals surface area contributed by atoms with Crippen LogP contribution in [0.1, 0.15) is 23.5 Å². The maximum Gasteiger partial charge on any atom is 0.274 e. The summed E-state index contributed by atoms with van der Waals surface area (Å²) in [7, 11) is 0. The Morgan fingerprint density at radius 2 is 1.97 bits per heavy atom. The minimum atomic E-state index is -0.317. The number of carbonyl (C=O) groups is 1. The topological polar surface area (TPSA) is 106 Å². The maximum atomic E-state index is 12.8. The summed E-state index contributed by atoms with van der Waals surface area (Å²) < 4.78 is 1.79. The molecule has 4 aromatic rings. The van der Waals surface area contributed by atoms with E-state index >= 15 is 0 Å². The molecule has 0 aliphatic heterocycles. The Morgan fingerprint density at radius 1 is 1.10 bits per heavy atom. The first-order valence-corrected chi connectivity index (χ1v) is 9.44. The van der Waals surface area contributed by atoms with E-state index in [0.717, 1.165) is 16.7 Å². The highest BCUT2D eigenvalue weighted by Crippen LogP contribution is 2.24. The van der Waals surface area contributed by atoms with Crippen molar-refractivity contribution >= 4 is 11.6 Å². The second-order valence-corrected chi connectivity index (χ2v) is 6.80. The molecule has 8 heteroatoms. The third-order valence-electron chi connectivity index (χ3n) is 4.68. The predicted molar refractivity (Wildman–Crippen MR) is 113 cm³/mol. The Hall–Kier alpha value is -3.91. The lowest BCUT2D eigenvalue weighted by atomic mass is 10.1. The largest absolute Gasteiger partial charge is 0.394 e. The first-order valence-electron chi connectivity index (χ1n) is 9.44. The lowest BCUT2D eigenvalue weighted by Gasteiger charge is -2.13. The fourth-order valence-electron chi connectivity index (χ4n) is 3.06. The summed E-state index contributed by atoms with van der Waals surface area (Å²) in [5, 5.41) is 20.4. The van der Waals surface area contributed by atoms with Crippen molar-refractivity contribution in [2.24, 2.45) is 0 Å². The molecule has 0 fully saturated rings. The van der Waals surface area contributed by atoms with Crippen LogP contribution in [0.3, 0.4) is 0 Å². The van der Waals surface area contributed by atoms with E-state index in [9.17, 15) is 9.90 Å². The van der Waals surface area contributed by atoms with Crippen LogP contribution in [0.5, 0.6) is 0 Å². The van der Waals surface area contributed by atoms with Crippen LogP contribution in [0.2, 0.25) is 0 Å². The van der Waals surface area contributed by atoms with Crippen LogP contribution in [0.15, 0.2) is 73.4 Å². The fraction of sp³-hybridized carbons (Fsp3) is 0.136. The van der Waals surface area contributed by atoms with Gasteiger partial charge in [-0.1, -0.05) is 18.2 Å². The predicted octanol–water partition coefficient (Wildman–Crippen LogP) is 3.21. The summed E-state index contributed by atoms with van der Waals surface area (Å²) in [4.78, 5) is 21.1. The molecule has 3 aromatic heterocycles. The van der Waals surface area contributed by atoms with Crippen molar-refractivity contribution in [3.8, 4) is 22.5 Å².